The Kier molecular flexibility index (Phi) is 6.55. The summed E-state index contributed by atoms with van der Waals surface area (Å²) in [7, 11) is 0. The van der Waals surface area contributed by atoms with Gasteiger partial charge < -0.3 is 9.64 Å². The van der Waals surface area contributed by atoms with Crippen LogP contribution in [0.25, 0.3) is 0 Å². The number of rotatable bonds is 6. The molecule has 1 aliphatic heterocycles. The highest BCUT2D eigenvalue weighted by Crippen LogP contribution is 2.11. The number of hydrogen-bond donors (Lipinski definition) is 0. The van der Waals surface area contributed by atoms with Crippen LogP contribution in [0.1, 0.15) is 12.0 Å². The number of benzene rings is 1. The zero-order chi connectivity index (χ0) is 18.2. The van der Waals surface area contributed by atoms with Gasteiger partial charge in [-0.05, 0) is 42.3 Å². The first kappa shape index (κ1) is 18.3. The fourth-order valence-electron chi connectivity index (χ4n) is 3.06. The van der Waals surface area contributed by atoms with Gasteiger partial charge in [-0.2, -0.15) is 0 Å². The number of amides is 1. The summed E-state index contributed by atoms with van der Waals surface area (Å²) in [4.78, 5) is 20.8. The predicted octanol–water partition coefficient (Wildman–Crippen LogP) is 2.38. The van der Waals surface area contributed by atoms with Gasteiger partial charge in [0.25, 0.3) is 0 Å². The topological polar surface area (TPSA) is 45.7 Å². The van der Waals surface area contributed by atoms with Gasteiger partial charge in [0.2, 0.25) is 5.91 Å². The smallest absolute Gasteiger partial charge is 0.227 e. The quantitative estimate of drug-likeness (QED) is 0.796. The Morgan fingerprint density at radius 3 is 2.73 bits per heavy atom. The predicted molar refractivity (Wildman–Crippen MR) is 97.5 cm³/mol. The Bertz CT molecular complexity index is 694. The molecule has 1 aromatic carbocycles. The molecular weight excluding hydrogens is 333 g/mol. The molecule has 0 spiro atoms. The van der Waals surface area contributed by atoms with Gasteiger partial charge in [-0.15, -0.1) is 0 Å². The lowest BCUT2D eigenvalue weighted by Gasteiger charge is -2.22. The van der Waals surface area contributed by atoms with Crippen LogP contribution in [0.5, 0.6) is 5.75 Å². The van der Waals surface area contributed by atoms with Crippen molar-refractivity contribution in [1.29, 1.82) is 0 Å². The van der Waals surface area contributed by atoms with E-state index in [9.17, 15) is 9.18 Å². The summed E-state index contributed by atoms with van der Waals surface area (Å²) in [5, 5.41) is 0. The third-order valence-electron chi connectivity index (χ3n) is 4.51. The van der Waals surface area contributed by atoms with Gasteiger partial charge in [-0.25, -0.2) is 4.39 Å². The lowest BCUT2D eigenvalue weighted by Crippen LogP contribution is -2.37. The number of hydrogen-bond acceptors (Lipinski definition) is 4. The zero-order valence-corrected chi connectivity index (χ0v) is 14.8. The Morgan fingerprint density at radius 2 is 1.96 bits per heavy atom. The lowest BCUT2D eigenvalue weighted by atomic mass is 10.2. The molecule has 2 aromatic rings. The van der Waals surface area contributed by atoms with Crippen molar-refractivity contribution in [1.82, 2.24) is 14.8 Å². The van der Waals surface area contributed by atoms with Gasteiger partial charge in [0.15, 0.2) is 0 Å². The number of ether oxygens (including phenoxy) is 1. The van der Waals surface area contributed by atoms with Crippen molar-refractivity contribution in [3.8, 4) is 5.75 Å². The molecule has 138 valence electrons. The van der Waals surface area contributed by atoms with Crippen LogP contribution in [0.2, 0.25) is 0 Å². The summed E-state index contributed by atoms with van der Waals surface area (Å²) >= 11 is 0. The van der Waals surface area contributed by atoms with E-state index in [1.54, 1.807) is 24.5 Å². The van der Waals surface area contributed by atoms with E-state index in [0.717, 1.165) is 44.7 Å². The molecule has 1 fully saturated rings. The Hall–Kier alpha value is -2.47. The van der Waals surface area contributed by atoms with Gasteiger partial charge in [0.1, 0.15) is 18.2 Å². The average Bonchev–Trinajstić information content (AvgIpc) is 2.90. The van der Waals surface area contributed by atoms with Crippen molar-refractivity contribution in [3.63, 3.8) is 0 Å². The van der Waals surface area contributed by atoms with Crippen LogP contribution in [-0.4, -0.2) is 60.0 Å². The molecule has 0 atom stereocenters. The molecule has 0 saturated carbocycles. The Labute approximate surface area is 153 Å². The second-order valence-electron chi connectivity index (χ2n) is 6.42. The molecule has 0 aliphatic carbocycles. The minimum Gasteiger partial charge on any atom is -0.492 e. The van der Waals surface area contributed by atoms with Crippen LogP contribution < -0.4 is 4.74 Å². The molecule has 26 heavy (non-hydrogen) atoms. The van der Waals surface area contributed by atoms with Crippen LogP contribution in [0.4, 0.5) is 4.39 Å². The molecule has 3 rings (SSSR count). The maximum atomic E-state index is 12.9. The highest BCUT2D eigenvalue weighted by atomic mass is 19.1. The standard InChI is InChI=1S/C20H24FN3O2/c21-18-4-6-19(7-5-18)26-14-13-23-9-2-10-24(12-11-23)20(25)15-17-3-1-8-22-16-17/h1,3-8,16H,2,9-15H2. The second-order valence-corrected chi connectivity index (χ2v) is 6.42. The molecule has 1 aromatic heterocycles. The van der Waals surface area contributed by atoms with E-state index < -0.39 is 0 Å². The number of aromatic nitrogens is 1. The largest absolute Gasteiger partial charge is 0.492 e. The summed E-state index contributed by atoms with van der Waals surface area (Å²) < 4.78 is 18.5. The van der Waals surface area contributed by atoms with E-state index in [0.29, 0.717) is 18.8 Å². The van der Waals surface area contributed by atoms with Crippen molar-refractivity contribution in [2.45, 2.75) is 12.8 Å². The molecule has 5 nitrogen and oxygen atoms in total. The van der Waals surface area contributed by atoms with E-state index in [4.69, 9.17) is 4.74 Å². The summed E-state index contributed by atoms with van der Waals surface area (Å²) in [5.74, 6) is 0.567. The van der Waals surface area contributed by atoms with Crippen molar-refractivity contribution < 1.29 is 13.9 Å². The molecule has 0 bridgehead atoms. The maximum absolute atomic E-state index is 12.9. The van der Waals surface area contributed by atoms with Crippen LogP contribution in [0.3, 0.4) is 0 Å². The molecule has 0 unspecified atom stereocenters. The Morgan fingerprint density at radius 1 is 1.12 bits per heavy atom. The number of halogens is 1. The minimum absolute atomic E-state index is 0.155. The summed E-state index contributed by atoms with van der Waals surface area (Å²) in [6.45, 7) is 4.65. The van der Waals surface area contributed by atoms with Gasteiger partial charge in [-0.1, -0.05) is 6.07 Å². The third kappa shape index (κ3) is 5.52. The van der Waals surface area contributed by atoms with E-state index in [2.05, 4.69) is 9.88 Å². The zero-order valence-electron chi connectivity index (χ0n) is 14.8. The van der Waals surface area contributed by atoms with Crippen molar-refractivity contribution in [3.05, 3.63) is 60.2 Å². The summed E-state index contributed by atoms with van der Waals surface area (Å²) in [6, 6.07) is 9.85. The second kappa shape index (κ2) is 9.29. The minimum atomic E-state index is -0.263. The van der Waals surface area contributed by atoms with Crippen LogP contribution >= 0.6 is 0 Å². The van der Waals surface area contributed by atoms with Crippen LogP contribution in [0.15, 0.2) is 48.8 Å². The highest BCUT2D eigenvalue weighted by molar-refractivity contribution is 5.78. The van der Waals surface area contributed by atoms with E-state index in [-0.39, 0.29) is 11.7 Å². The molecule has 1 saturated heterocycles. The summed E-state index contributed by atoms with van der Waals surface area (Å²) in [5.41, 5.74) is 0.950. The molecule has 0 N–H and O–H groups in total. The van der Waals surface area contributed by atoms with Crippen molar-refractivity contribution >= 4 is 5.91 Å². The fourth-order valence-corrected chi connectivity index (χ4v) is 3.06. The SMILES string of the molecule is O=C(Cc1cccnc1)N1CCCN(CCOc2ccc(F)cc2)CC1. The normalized spacial score (nSPS) is 15.5. The third-order valence-corrected chi connectivity index (χ3v) is 4.51. The molecule has 0 radical (unpaired) electrons. The Balaban J connectivity index is 1.41. The molecule has 2 heterocycles. The van der Waals surface area contributed by atoms with E-state index in [1.807, 2.05) is 17.0 Å². The number of pyridine rings is 1. The van der Waals surface area contributed by atoms with Crippen LogP contribution in [0, 0.1) is 5.82 Å². The maximum Gasteiger partial charge on any atom is 0.227 e. The molecule has 1 amide bonds. The first-order chi connectivity index (χ1) is 12.7. The van der Waals surface area contributed by atoms with Crippen molar-refractivity contribution in [2.75, 3.05) is 39.3 Å². The van der Waals surface area contributed by atoms with E-state index in [1.165, 1.54) is 12.1 Å². The first-order valence-corrected chi connectivity index (χ1v) is 8.98. The fraction of sp³-hybridized carbons (Fsp3) is 0.400. The number of carbonyl (C=O) groups excluding carboxylic acids is 1. The van der Waals surface area contributed by atoms with E-state index >= 15 is 0 Å². The average molecular weight is 357 g/mol. The number of nitrogens with zero attached hydrogens (tertiary/aromatic N) is 3. The highest BCUT2D eigenvalue weighted by Gasteiger charge is 2.19. The van der Waals surface area contributed by atoms with Gasteiger partial charge in [0.05, 0.1) is 6.42 Å². The number of carbonyl (C=O) groups is 1. The lowest BCUT2D eigenvalue weighted by molar-refractivity contribution is -0.130. The van der Waals surface area contributed by atoms with Gasteiger partial charge >= 0.3 is 0 Å². The molecular formula is C20H24FN3O2. The molecule has 6 heteroatoms. The van der Waals surface area contributed by atoms with Crippen LogP contribution in [-0.2, 0) is 11.2 Å². The van der Waals surface area contributed by atoms with Gasteiger partial charge in [-0.3, -0.25) is 14.7 Å². The van der Waals surface area contributed by atoms with Gasteiger partial charge in [0, 0.05) is 45.1 Å². The molecule has 1 aliphatic rings. The first-order valence-electron chi connectivity index (χ1n) is 8.98. The summed E-state index contributed by atoms with van der Waals surface area (Å²) in [6.07, 6.45) is 4.82. The monoisotopic (exact) mass is 357 g/mol. The van der Waals surface area contributed by atoms with Crippen molar-refractivity contribution in [2.24, 2.45) is 0 Å².